The van der Waals surface area contributed by atoms with Gasteiger partial charge in [-0.3, -0.25) is 4.98 Å². The van der Waals surface area contributed by atoms with Crippen LogP contribution in [0, 0.1) is 17.5 Å². The first kappa shape index (κ1) is 14.8. The molecule has 2 heterocycles. The second-order valence-corrected chi connectivity index (χ2v) is 5.05. The average molecular weight is 309 g/mol. The fraction of sp³-hybridized carbons (Fsp3) is 0.312. The molecular formula is C16H14F3NO2. The highest BCUT2D eigenvalue weighted by Gasteiger charge is 2.21. The molecule has 116 valence electrons. The van der Waals surface area contributed by atoms with Crippen LogP contribution < -0.4 is 4.74 Å². The van der Waals surface area contributed by atoms with Gasteiger partial charge in [0, 0.05) is 24.9 Å². The molecular weight excluding hydrogens is 295 g/mol. The molecule has 1 atom stereocenters. The summed E-state index contributed by atoms with van der Waals surface area (Å²) >= 11 is 0. The summed E-state index contributed by atoms with van der Waals surface area (Å²) in [5.74, 6) is -2.55. The fourth-order valence-electron chi connectivity index (χ4n) is 2.41. The van der Waals surface area contributed by atoms with Crippen molar-refractivity contribution in [3.8, 4) is 17.0 Å². The van der Waals surface area contributed by atoms with E-state index in [-0.39, 0.29) is 17.5 Å². The first-order valence-corrected chi connectivity index (χ1v) is 6.99. The van der Waals surface area contributed by atoms with Gasteiger partial charge in [-0.2, -0.15) is 0 Å². The van der Waals surface area contributed by atoms with E-state index in [2.05, 4.69) is 4.98 Å². The molecule has 0 aliphatic carbocycles. The number of pyridine rings is 1. The van der Waals surface area contributed by atoms with Crippen LogP contribution in [0.3, 0.4) is 0 Å². The van der Waals surface area contributed by atoms with Crippen molar-refractivity contribution in [2.45, 2.75) is 18.9 Å². The van der Waals surface area contributed by atoms with Gasteiger partial charge in [0.15, 0.2) is 0 Å². The standard InChI is InChI=1S/C16H14F3NO2/c17-12-4-1-5-20-16(12)15-13(18)7-11(8-14(15)19)22-10-3-2-6-21-9-10/h1,4-5,7-8,10H,2-3,6,9H2/t10-/m0/s1. The average Bonchev–Trinajstić information content (AvgIpc) is 2.49. The Kier molecular flexibility index (Phi) is 4.29. The van der Waals surface area contributed by atoms with E-state index in [1.54, 1.807) is 0 Å². The van der Waals surface area contributed by atoms with Gasteiger partial charge in [0.05, 0.1) is 12.2 Å². The van der Waals surface area contributed by atoms with E-state index < -0.39 is 23.0 Å². The monoisotopic (exact) mass is 309 g/mol. The minimum absolute atomic E-state index is 0.0607. The van der Waals surface area contributed by atoms with Crippen molar-refractivity contribution in [2.75, 3.05) is 13.2 Å². The first-order chi connectivity index (χ1) is 10.6. The lowest BCUT2D eigenvalue weighted by Gasteiger charge is -2.23. The predicted molar refractivity (Wildman–Crippen MR) is 74.0 cm³/mol. The summed E-state index contributed by atoms with van der Waals surface area (Å²) in [6, 6.07) is 4.54. The molecule has 0 amide bonds. The van der Waals surface area contributed by atoms with Crippen molar-refractivity contribution in [1.82, 2.24) is 4.98 Å². The van der Waals surface area contributed by atoms with Crippen LogP contribution in [-0.2, 0) is 4.74 Å². The van der Waals surface area contributed by atoms with Gasteiger partial charge < -0.3 is 9.47 Å². The third-order valence-corrected chi connectivity index (χ3v) is 3.43. The minimum Gasteiger partial charge on any atom is -0.488 e. The van der Waals surface area contributed by atoms with E-state index in [1.165, 1.54) is 12.3 Å². The molecule has 0 N–H and O–H groups in total. The lowest BCUT2D eigenvalue weighted by atomic mass is 10.1. The number of hydrogen-bond acceptors (Lipinski definition) is 3. The normalized spacial score (nSPS) is 18.2. The van der Waals surface area contributed by atoms with E-state index in [1.807, 2.05) is 0 Å². The summed E-state index contributed by atoms with van der Waals surface area (Å²) < 4.78 is 52.8. The van der Waals surface area contributed by atoms with Gasteiger partial charge in [0.2, 0.25) is 0 Å². The van der Waals surface area contributed by atoms with E-state index in [0.29, 0.717) is 13.2 Å². The van der Waals surface area contributed by atoms with Gasteiger partial charge in [-0.15, -0.1) is 0 Å². The molecule has 1 aliphatic heterocycles. The van der Waals surface area contributed by atoms with Crippen LogP contribution in [0.5, 0.6) is 5.75 Å². The molecule has 1 aromatic carbocycles. The van der Waals surface area contributed by atoms with Crippen LogP contribution in [0.15, 0.2) is 30.5 Å². The lowest BCUT2D eigenvalue weighted by molar-refractivity contribution is 0.00720. The lowest BCUT2D eigenvalue weighted by Crippen LogP contribution is -2.28. The third-order valence-electron chi connectivity index (χ3n) is 3.43. The number of halogens is 3. The summed E-state index contributed by atoms with van der Waals surface area (Å²) in [5.41, 5.74) is -0.851. The Morgan fingerprint density at radius 1 is 1.14 bits per heavy atom. The Bertz CT molecular complexity index is 649. The minimum atomic E-state index is -0.913. The number of aromatic nitrogens is 1. The molecule has 1 aliphatic rings. The molecule has 0 spiro atoms. The molecule has 1 aromatic heterocycles. The highest BCUT2D eigenvalue weighted by atomic mass is 19.1. The molecule has 2 aromatic rings. The van der Waals surface area contributed by atoms with Crippen LogP contribution in [0.2, 0.25) is 0 Å². The largest absolute Gasteiger partial charge is 0.488 e. The first-order valence-electron chi connectivity index (χ1n) is 6.99. The van der Waals surface area contributed by atoms with Crippen molar-refractivity contribution in [1.29, 1.82) is 0 Å². The zero-order chi connectivity index (χ0) is 15.5. The van der Waals surface area contributed by atoms with Crippen molar-refractivity contribution < 1.29 is 22.6 Å². The van der Waals surface area contributed by atoms with Crippen molar-refractivity contribution in [3.05, 3.63) is 47.9 Å². The second kappa shape index (κ2) is 6.36. The molecule has 0 bridgehead atoms. The number of ether oxygens (including phenoxy) is 2. The topological polar surface area (TPSA) is 31.4 Å². The predicted octanol–water partition coefficient (Wildman–Crippen LogP) is 3.72. The number of nitrogens with zero attached hydrogens (tertiary/aromatic N) is 1. The summed E-state index contributed by atoms with van der Waals surface area (Å²) in [6.45, 7) is 1.06. The fourth-order valence-corrected chi connectivity index (χ4v) is 2.41. The van der Waals surface area contributed by atoms with Crippen molar-refractivity contribution >= 4 is 0 Å². The van der Waals surface area contributed by atoms with Gasteiger partial charge in [-0.25, -0.2) is 13.2 Å². The van der Waals surface area contributed by atoms with Gasteiger partial charge >= 0.3 is 0 Å². The molecule has 6 heteroatoms. The number of hydrogen-bond donors (Lipinski definition) is 0. The SMILES string of the molecule is Fc1cccnc1-c1c(F)cc(O[C@H]2CCCOC2)cc1F. The molecule has 3 rings (SSSR count). The molecule has 0 radical (unpaired) electrons. The maximum Gasteiger partial charge on any atom is 0.149 e. The molecule has 22 heavy (non-hydrogen) atoms. The van der Waals surface area contributed by atoms with E-state index >= 15 is 0 Å². The van der Waals surface area contributed by atoms with E-state index in [4.69, 9.17) is 9.47 Å². The third kappa shape index (κ3) is 3.06. The second-order valence-electron chi connectivity index (χ2n) is 5.05. The van der Waals surface area contributed by atoms with Crippen molar-refractivity contribution in [3.63, 3.8) is 0 Å². The number of rotatable bonds is 3. The van der Waals surface area contributed by atoms with Crippen LogP contribution in [-0.4, -0.2) is 24.3 Å². The number of benzene rings is 1. The van der Waals surface area contributed by atoms with Gasteiger partial charge in [0.25, 0.3) is 0 Å². The molecule has 1 saturated heterocycles. The van der Waals surface area contributed by atoms with Gasteiger partial charge in [0.1, 0.15) is 35.0 Å². The van der Waals surface area contributed by atoms with E-state index in [9.17, 15) is 13.2 Å². The van der Waals surface area contributed by atoms with Crippen molar-refractivity contribution in [2.24, 2.45) is 0 Å². The Morgan fingerprint density at radius 3 is 2.55 bits per heavy atom. The maximum atomic E-state index is 14.2. The summed E-state index contributed by atoms with van der Waals surface area (Å²) in [6.07, 6.45) is 2.65. The summed E-state index contributed by atoms with van der Waals surface area (Å²) in [7, 11) is 0. The maximum absolute atomic E-state index is 14.2. The Labute approximate surface area is 125 Å². The Morgan fingerprint density at radius 2 is 1.91 bits per heavy atom. The molecule has 3 nitrogen and oxygen atoms in total. The van der Waals surface area contributed by atoms with Gasteiger partial charge in [-0.1, -0.05) is 0 Å². The quantitative estimate of drug-likeness (QED) is 0.866. The zero-order valence-corrected chi connectivity index (χ0v) is 11.7. The molecule has 0 unspecified atom stereocenters. The Hall–Kier alpha value is -2.08. The van der Waals surface area contributed by atoms with Crippen LogP contribution >= 0.6 is 0 Å². The molecule has 0 saturated carbocycles. The summed E-state index contributed by atoms with van der Waals surface area (Å²) in [4.78, 5) is 3.70. The van der Waals surface area contributed by atoms with Gasteiger partial charge in [-0.05, 0) is 25.0 Å². The highest BCUT2D eigenvalue weighted by Crippen LogP contribution is 2.30. The highest BCUT2D eigenvalue weighted by molar-refractivity contribution is 5.62. The van der Waals surface area contributed by atoms with Crippen LogP contribution in [0.4, 0.5) is 13.2 Å². The Balaban J connectivity index is 1.90. The summed E-state index contributed by atoms with van der Waals surface area (Å²) in [5, 5.41) is 0. The van der Waals surface area contributed by atoms with Crippen LogP contribution in [0.1, 0.15) is 12.8 Å². The zero-order valence-electron chi connectivity index (χ0n) is 11.7. The molecule has 1 fully saturated rings. The van der Waals surface area contributed by atoms with Crippen LogP contribution in [0.25, 0.3) is 11.3 Å². The smallest absolute Gasteiger partial charge is 0.149 e. The van der Waals surface area contributed by atoms with E-state index in [0.717, 1.165) is 31.0 Å².